The molecule has 0 atom stereocenters. The maximum Gasteiger partial charge on any atom is 0.259 e. The van der Waals surface area contributed by atoms with Gasteiger partial charge in [0.15, 0.2) is 5.43 Å². The minimum absolute atomic E-state index is 0.123. The molecule has 0 saturated carbocycles. The number of nitrogens with one attached hydrogen (secondary N) is 1. The molecule has 1 amide bonds. The van der Waals surface area contributed by atoms with Gasteiger partial charge in [0.25, 0.3) is 12.3 Å². The van der Waals surface area contributed by atoms with E-state index in [2.05, 4.69) is 20.9 Å². The van der Waals surface area contributed by atoms with Crippen LogP contribution in [-0.2, 0) is 0 Å². The fraction of sp³-hybridized carbons (Fsp3) is 0.400. The van der Waals surface area contributed by atoms with Crippen molar-refractivity contribution in [1.29, 1.82) is 0 Å². The van der Waals surface area contributed by atoms with Gasteiger partial charge in [-0.25, -0.2) is 8.78 Å². The van der Waals surface area contributed by atoms with Crippen molar-refractivity contribution in [2.75, 3.05) is 18.4 Å². The number of carbonyl (C=O) groups is 1. The number of pyridine rings is 1. The Bertz CT molecular complexity index is 436. The number of alkyl halides is 3. The van der Waals surface area contributed by atoms with Crippen molar-refractivity contribution in [2.45, 2.75) is 6.43 Å². The van der Waals surface area contributed by atoms with Crippen molar-refractivity contribution >= 4 is 21.8 Å². The SMILES string of the molecule is O=C(c1c[nH]ccc1=O)N(CCBr)CC(F)F. The maximum atomic E-state index is 12.3. The first-order chi connectivity index (χ1) is 8.06. The van der Waals surface area contributed by atoms with Gasteiger partial charge in [0.1, 0.15) is 5.56 Å². The standard InChI is InChI=1S/C10H11BrF2N2O2/c11-2-4-15(6-9(12)13)10(17)7-5-14-3-1-8(7)16/h1,3,5,9H,2,4,6H2,(H,14,16). The van der Waals surface area contributed by atoms with E-state index in [9.17, 15) is 18.4 Å². The van der Waals surface area contributed by atoms with Crippen LogP contribution < -0.4 is 5.43 Å². The summed E-state index contributed by atoms with van der Waals surface area (Å²) in [6.45, 7) is -0.559. The molecular formula is C10H11BrF2N2O2. The Kier molecular flexibility index (Phi) is 5.27. The lowest BCUT2D eigenvalue weighted by atomic mass is 10.2. The van der Waals surface area contributed by atoms with E-state index in [4.69, 9.17) is 0 Å². The van der Waals surface area contributed by atoms with Gasteiger partial charge in [-0.05, 0) is 0 Å². The molecule has 0 unspecified atom stereocenters. The summed E-state index contributed by atoms with van der Waals surface area (Å²) in [5.74, 6) is -0.688. The summed E-state index contributed by atoms with van der Waals surface area (Å²) in [7, 11) is 0. The van der Waals surface area contributed by atoms with Crippen LogP contribution in [0.2, 0.25) is 0 Å². The summed E-state index contributed by atoms with van der Waals surface area (Å²) in [4.78, 5) is 26.8. The van der Waals surface area contributed by atoms with Crippen molar-refractivity contribution in [1.82, 2.24) is 9.88 Å². The van der Waals surface area contributed by atoms with E-state index in [0.29, 0.717) is 5.33 Å². The minimum Gasteiger partial charge on any atom is -0.367 e. The molecule has 4 nitrogen and oxygen atoms in total. The fourth-order valence-electron chi connectivity index (χ4n) is 1.30. The average Bonchev–Trinajstić information content (AvgIpc) is 2.28. The number of H-pyrrole nitrogens is 1. The molecule has 1 aromatic heterocycles. The second kappa shape index (κ2) is 6.48. The summed E-state index contributed by atoms with van der Waals surface area (Å²) >= 11 is 3.07. The second-order valence-corrected chi connectivity index (χ2v) is 4.05. The topological polar surface area (TPSA) is 53.2 Å². The van der Waals surface area contributed by atoms with Gasteiger partial charge >= 0.3 is 0 Å². The molecule has 17 heavy (non-hydrogen) atoms. The number of aromatic amines is 1. The molecular weight excluding hydrogens is 298 g/mol. The number of carbonyl (C=O) groups excluding carboxylic acids is 1. The zero-order valence-electron chi connectivity index (χ0n) is 8.83. The lowest BCUT2D eigenvalue weighted by Gasteiger charge is -2.20. The van der Waals surface area contributed by atoms with E-state index in [-0.39, 0.29) is 12.1 Å². The van der Waals surface area contributed by atoms with E-state index in [1.54, 1.807) is 0 Å². The highest BCUT2D eigenvalue weighted by atomic mass is 79.9. The first-order valence-electron chi connectivity index (χ1n) is 4.86. The van der Waals surface area contributed by atoms with Crippen molar-refractivity contribution < 1.29 is 13.6 Å². The van der Waals surface area contributed by atoms with Crippen LogP contribution in [0.15, 0.2) is 23.3 Å². The first-order valence-corrected chi connectivity index (χ1v) is 5.99. The van der Waals surface area contributed by atoms with E-state index in [1.165, 1.54) is 18.5 Å². The van der Waals surface area contributed by atoms with Gasteiger partial charge in [-0.3, -0.25) is 9.59 Å². The zero-order valence-corrected chi connectivity index (χ0v) is 10.4. The third kappa shape index (κ3) is 3.92. The molecule has 0 bridgehead atoms. The molecule has 0 spiro atoms. The molecule has 0 radical (unpaired) electrons. The van der Waals surface area contributed by atoms with Gasteiger partial charge in [0, 0.05) is 30.3 Å². The number of halogens is 3. The molecule has 1 aromatic rings. The molecule has 1 rings (SSSR count). The van der Waals surface area contributed by atoms with Gasteiger partial charge in [0.2, 0.25) is 0 Å². The van der Waals surface area contributed by atoms with E-state index >= 15 is 0 Å². The van der Waals surface area contributed by atoms with Crippen molar-refractivity contribution in [3.8, 4) is 0 Å². The van der Waals surface area contributed by atoms with E-state index < -0.39 is 24.3 Å². The molecule has 0 saturated heterocycles. The van der Waals surface area contributed by atoms with Crippen LogP contribution >= 0.6 is 15.9 Å². The molecule has 7 heteroatoms. The number of amides is 1. The van der Waals surface area contributed by atoms with Gasteiger partial charge in [-0.2, -0.15) is 0 Å². The Morgan fingerprint density at radius 2 is 2.24 bits per heavy atom. The van der Waals surface area contributed by atoms with Crippen molar-refractivity contribution in [3.05, 3.63) is 34.2 Å². The normalized spacial score (nSPS) is 10.6. The molecule has 1 N–H and O–H groups in total. The summed E-state index contributed by atoms with van der Waals surface area (Å²) < 4.78 is 24.6. The Balaban J connectivity index is 2.92. The lowest BCUT2D eigenvalue weighted by Crippen LogP contribution is -2.38. The van der Waals surface area contributed by atoms with Crippen LogP contribution in [0.1, 0.15) is 10.4 Å². The number of rotatable bonds is 5. The Morgan fingerprint density at radius 3 is 2.76 bits per heavy atom. The third-order valence-corrected chi connectivity index (χ3v) is 2.41. The van der Waals surface area contributed by atoms with Gasteiger partial charge in [-0.15, -0.1) is 0 Å². The molecule has 94 valence electrons. The summed E-state index contributed by atoms with van der Waals surface area (Å²) in [6.07, 6.45) is -0.0286. The van der Waals surface area contributed by atoms with Crippen LogP contribution in [0.5, 0.6) is 0 Å². The summed E-state index contributed by atoms with van der Waals surface area (Å²) in [5.41, 5.74) is -0.614. The van der Waals surface area contributed by atoms with Crippen molar-refractivity contribution in [2.24, 2.45) is 0 Å². The molecule has 0 aliphatic rings. The predicted molar refractivity (Wildman–Crippen MR) is 62.8 cm³/mol. The number of nitrogens with zero attached hydrogens (tertiary/aromatic N) is 1. The highest BCUT2D eigenvalue weighted by Crippen LogP contribution is 2.04. The van der Waals surface area contributed by atoms with Crippen LogP contribution in [0.25, 0.3) is 0 Å². The largest absolute Gasteiger partial charge is 0.367 e. The highest BCUT2D eigenvalue weighted by molar-refractivity contribution is 9.09. The predicted octanol–water partition coefficient (Wildman–Crippen LogP) is 1.48. The van der Waals surface area contributed by atoms with Gasteiger partial charge in [0.05, 0.1) is 6.54 Å². The van der Waals surface area contributed by atoms with Gasteiger partial charge < -0.3 is 9.88 Å². The third-order valence-electron chi connectivity index (χ3n) is 2.05. The number of hydrogen-bond acceptors (Lipinski definition) is 2. The maximum absolute atomic E-state index is 12.3. The minimum atomic E-state index is -2.62. The van der Waals surface area contributed by atoms with E-state index in [0.717, 1.165) is 4.90 Å². The van der Waals surface area contributed by atoms with Crippen LogP contribution in [0.3, 0.4) is 0 Å². The quantitative estimate of drug-likeness (QED) is 0.838. The summed E-state index contributed by atoms with van der Waals surface area (Å²) in [5, 5.41) is 0.371. The monoisotopic (exact) mass is 308 g/mol. The summed E-state index contributed by atoms with van der Waals surface area (Å²) in [6, 6.07) is 1.18. The van der Waals surface area contributed by atoms with Crippen molar-refractivity contribution in [3.63, 3.8) is 0 Å². The highest BCUT2D eigenvalue weighted by Gasteiger charge is 2.20. The Hall–Kier alpha value is -1.24. The molecule has 0 aliphatic carbocycles. The van der Waals surface area contributed by atoms with Crippen LogP contribution in [-0.4, -0.2) is 40.6 Å². The molecule has 0 fully saturated rings. The molecule has 0 aromatic carbocycles. The zero-order chi connectivity index (χ0) is 12.8. The molecule has 1 heterocycles. The number of hydrogen-bond donors (Lipinski definition) is 1. The smallest absolute Gasteiger partial charge is 0.259 e. The van der Waals surface area contributed by atoms with Gasteiger partial charge in [-0.1, -0.05) is 15.9 Å². The van der Waals surface area contributed by atoms with Crippen LogP contribution in [0, 0.1) is 0 Å². The van der Waals surface area contributed by atoms with E-state index in [1.807, 2.05) is 0 Å². The lowest BCUT2D eigenvalue weighted by molar-refractivity contribution is 0.0571. The number of aromatic nitrogens is 1. The fourth-order valence-corrected chi connectivity index (χ4v) is 1.73. The molecule has 0 aliphatic heterocycles. The average molecular weight is 309 g/mol. The second-order valence-electron chi connectivity index (χ2n) is 3.25. The first kappa shape index (κ1) is 13.8. The Labute approximate surface area is 105 Å². The van der Waals surface area contributed by atoms with Crippen LogP contribution in [0.4, 0.5) is 8.78 Å². The Morgan fingerprint density at radius 1 is 1.53 bits per heavy atom.